The minimum absolute atomic E-state index is 0.125. The molecule has 2 saturated heterocycles. The summed E-state index contributed by atoms with van der Waals surface area (Å²) in [4.78, 5) is 59.9. The van der Waals surface area contributed by atoms with Crippen molar-refractivity contribution in [2.75, 3.05) is 9.80 Å². The van der Waals surface area contributed by atoms with Crippen molar-refractivity contribution < 1.29 is 24.3 Å². The highest BCUT2D eigenvalue weighted by molar-refractivity contribution is 6.25. The van der Waals surface area contributed by atoms with E-state index in [4.69, 9.17) is 0 Å². The molecule has 6 unspecified atom stereocenters. The van der Waals surface area contributed by atoms with Crippen LogP contribution in [0.3, 0.4) is 0 Å². The van der Waals surface area contributed by atoms with E-state index >= 15 is 0 Å². The molecule has 4 aromatic carbocycles. The Morgan fingerprint density at radius 3 is 2.15 bits per heavy atom. The molecule has 1 N–H and O–H groups in total. The zero-order valence-electron chi connectivity index (χ0n) is 25.3. The molecule has 0 bridgehead atoms. The number of amides is 4. The summed E-state index contributed by atoms with van der Waals surface area (Å²) in [5, 5.41) is 12.2. The fourth-order valence-electron chi connectivity index (χ4n) is 8.75. The third kappa shape index (κ3) is 3.71. The van der Waals surface area contributed by atoms with Crippen LogP contribution in [0.1, 0.15) is 36.8 Å². The average Bonchev–Trinajstić information content (AvgIpc) is 3.45. The lowest BCUT2D eigenvalue weighted by Crippen LogP contribution is -2.49. The van der Waals surface area contributed by atoms with Crippen molar-refractivity contribution in [1.82, 2.24) is 0 Å². The van der Waals surface area contributed by atoms with Crippen LogP contribution in [0.25, 0.3) is 16.8 Å². The van der Waals surface area contributed by atoms with Crippen LogP contribution >= 0.6 is 0 Å². The molecule has 0 spiro atoms. The predicted molar refractivity (Wildman–Crippen MR) is 176 cm³/mol. The number of para-hydroxylation sites is 1. The van der Waals surface area contributed by atoms with E-state index in [1.807, 2.05) is 55.5 Å². The summed E-state index contributed by atoms with van der Waals surface area (Å²) >= 11 is 0. The molecule has 1 saturated carbocycles. The lowest BCUT2D eigenvalue weighted by molar-refractivity contribution is -0.131. The molecule has 8 rings (SSSR count). The summed E-state index contributed by atoms with van der Waals surface area (Å²) in [5.41, 5.74) is 2.48. The molecule has 4 aromatic rings. The molecule has 7 nitrogen and oxygen atoms in total. The van der Waals surface area contributed by atoms with Gasteiger partial charge in [0.05, 0.1) is 34.5 Å². The van der Waals surface area contributed by atoms with Crippen LogP contribution in [0.5, 0.6) is 5.75 Å². The number of allylic oxidation sites excluding steroid dienone is 2. The molecule has 4 aliphatic rings. The molecule has 3 fully saturated rings. The maximum Gasteiger partial charge on any atom is 0.241 e. The van der Waals surface area contributed by atoms with Gasteiger partial charge in [0.25, 0.3) is 0 Å². The second kappa shape index (κ2) is 10.1. The number of imide groups is 2. The molecular formula is C39H32N2O5. The first-order valence-electron chi connectivity index (χ1n) is 15.7. The van der Waals surface area contributed by atoms with Gasteiger partial charge >= 0.3 is 0 Å². The lowest BCUT2D eigenvalue weighted by atomic mass is 9.51. The zero-order valence-corrected chi connectivity index (χ0v) is 25.3. The minimum Gasteiger partial charge on any atom is -0.507 e. The van der Waals surface area contributed by atoms with Crippen molar-refractivity contribution in [1.29, 1.82) is 0 Å². The number of aromatic hydroxyl groups is 1. The Labute approximate surface area is 266 Å². The molecule has 0 radical (unpaired) electrons. The summed E-state index contributed by atoms with van der Waals surface area (Å²) in [6.07, 6.45) is 4.41. The number of carbonyl (C=O) groups excluding carboxylic acids is 4. The van der Waals surface area contributed by atoms with Crippen LogP contribution < -0.4 is 9.80 Å². The van der Waals surface area contributed by atoms with Crippen LogP contribution in [-0.2, 0) is 19.2 Å². The highest BCUT2D eigenvalue weighted by Crippen LogP contribution is 2.64. The number of nitrogens with zero attached hydrogens (tertiary/aromatic N) is 2. The molecule has 7 heteroatoms. The van der Waals surface area contributed by atoms with E-state index in [0.717, 1.165) is 22.1 Å². The Bertz CT molecular complexity index is 2020. The van der Waals surface area contributed by atoms with E-state index in [0.29, 0.717) is 23.2 Å². The normalized spacial score (nSPS) is 28.6. The first kappa shape index (κ1) is 28.2. The summed E-state index contributed by atoms with van der Waals surface area (Å²) in [7, 11) is 0. The summed E-state index contributed by atoms with van der Waals surface area (Å²) in [5.74, 6) is -3.87. The molecule has 2 aliphatic heterocycles. The molecular weight excluding hydrogens is 576 g/mol. The highest BCUT2D eigenvalue weighted by atomic mass is 16.3. The quantitative estimate of drug-likeness (QED) is 0.208. The minimum atomic E-state index is -1.16. The zero-order chi connectivity index (χ0) is 31.9. The van der Waals surface area contributed by atoms with E-state index in [1.54, 1.807) is 48.5 Å². The molecule has 6 atom stereocenters. The number of fused-ring (bicyclic) bond motifs is 5. The average molecular weight is 609 g/mol. The Balaban J connectivity index is 1.30. The van der Waals surface area contributed by atoms with Crippen molar-refractivity contribution >= 4 is 51.9 Å². The van der Waals surface area contributed by atoms with Crippen LogP contribution in [0.2, 0.25) is 0 Å². The second-order valence-corrected chi connectivity index (χ2v) is 13.0. The molecule has 228 valence electrons. The van der Waals surface area contributed by atoms with E-state index < -0.39 is 35.0 Å². The Morgan fingerprint density at radius 1 is 0.761 bits per heavy atom. The van der Waals surface area contributed by atoms with Gasteiger partial charge in [-0.1, -0.05) is 85.0 Å². The van der Waals surface area contributed by atoms with Gasteiger partial charge in [0, 0.05) is 11.3 Å². The molecule has 0 aromatic heterocycles. The smallest absolute Gasteiger partial charge is 0.241 e. The largest absolute Gasteiger partial charge is 0.507 e. The maximum atomic E-state index is 14.7. The van der Waals surface area contributed by atoms with Gasteiger partial charge in [-0.15, -0.1) is 0 Å². The number of benzene rings is 4. The molecule has 2 aliphatic carbocycles. The van der Waals surface area contributed by atoms with Crippen LogP contribution in [-0.4, -0.2) is 28.7 Å². The number of anilines is 2. The molecule has 2 heterocycles. The van der Waals surface area contributed by atoms with Crippen LogP contribution in [0.15, 0.2) is 109 Å². The second-order valence-electron chi connectivity index (χ2n) is 13.0. The number of hydrogen-bond acceptors (Lipinski definition) is 5. The van der Waals surface area contributed by atoms with Crippen LogP contribution in [0, 0.1) is 29.1 Å². The van der Waals surface area contributed by atoms with Gasteiger partial charge in [-0.3, -0.25) is 24.1 Å². The first-order valence-corrected chi connectivity index (χ1v) is 15.7. The predicted octanol–water partition coefficient (Wildman–Crippen LogP) is 6.62. The third-order valence-corrected chi connectivity index (χ3v) is 10.9. The van der Waals surface area contributed by atoms with Gasteiger partial charge in [-0.05, 0) is 72.5 Å². The van der Waals surface area contributed by atoms with Crippen molar-refractivity contribution in [2.45, 2.75) is 25.7 Å². The highest BCUT2D eigenvalue weighted by Gasteiger charge is 2.67. The van der Waals surface area contributed by atoms with Gasteiger partial charge in [0.15, 0.2) is 0 Å². The summed E-state index contributed by atoms with van der Waals surface area (Å²) < 4.78 is 0. The maximum absolute atomic E-state index is 14.7. The number of carbonyl (C=O) groups is 4. The Hall–Kier alpha value is -5.30. The van der Waals surface area contributed by atoms with E-state index in [1.165, 1.54) is 9.80 Å². The van der Waals surface area contributed by atoms with Gasteiger partial charge in [-0.2, -0.15) is 0 Å². The van der Waals surface area contributed by atoms with Gasteiger partial charge in [0.1, 0.15) is 5.75 Å². The van der Waals surface area contributed by atoms with E-state index in [2.05, 4.69) is 12.7 Å². The van der Waals surface area contributed by atoms with Gasteiger partial charge in [0.2, 0.25) is 23.6 Å². The van der Waals surface area contributed by atoms with Crippen molar-refractivity contribution in [2.24, 2.45) is 29.1 Å². The first-order chi connectivity index (χ1) is 22.3. The number of phenols is 1. The summed E-state index contributed by atoms with van der Waals surface area (Å²) in [6.45, 7) is 5.67. The fraction of sp³-hybridized carbons (Fsp3) is 0.231. The van der Waals surface area contributed by atoms with Crippen molar-refractivity contribution in [3.8, 4) is 5.75 Å². The lowest BCUT2D eigenvalue weighted by Gasteiger charge is -2.49. The van der Waals surface area contributed by atoms with Crippen molar-refractivity contribution in [3.63, 3.8) is 0 Å². The van der Waals surface area contributed by atoms with Crippen molar-refractivity contribution in [3.05, 3.63) is 120 Å². The van der Waals surface area contributed by atoms with E-state index in [9.17, 15) is 24.3 Å². The topological polar surface area (TPSA) is 95.0 Å². The van der Waals surface area contributed by atoms with Crippen LogP contribution in [0.4, 0.5) is 11.4 Å². The molecule has 46 heavy (non-hydrogen) atoms. The number of hydrogen-bond donors (Lipinski definition) is 1. The Morgan fingerprint density at radius 2 is 1.43 bits per heavy atom. The Kier molecular flexibility index (Phi) is 6.19. The number of rotatable bonds is 4. The third-order valence-electron chi connectivity index (χ3n) is 10.9. The standard InChI is InChI=1S/C39H32N2O5/c1-3-22-13-15-24(16-14-22)40-35(43)29-18-17-28-30(33(29)37(40)45)21-31-36(44)41(23-9-5-4-6-10-23)38(46)39(31,2)34(28)27-19-20-32(42)26-12-8-7-11-25(26)27/h3-17,19-20,29-31,33-34,42H,1,18,21H2,2H3. The fourth-order valence-corrected chi connectivity index (χ4v) is 8.75. The van der Waals surface area contributed by atoms with Gasteiger partial charge < -0.3 is 5.11 Å². The number of phenolic OH excluding ortho intramolecular Hbond substituents is 1. The monoisotopic (exact) mass is 608 g/mol. The SMILES string of the molecule is C=Cc1ccc(N2C(=O)C3CC=C4C(CC5C(=O)N(c6ccccc6)C(=O)C5(C)C4c4ccc(O)c5ccccc45)C3C2=O)cc1. The van der Waals surface area contributed by atoms with E-state index in [-0.39, 0.29) is 35.8 Å². The van der Waals surface area contributed by atoms with Gasteiger partial charge in [-0.25, -0.2) is 4.90 Å². The molecule has 4 amide bonds. The summed E-state index contributed by atoms with van der Waals surface area (Å²) in [6, 6.07) is 27.1.